The molecule has 0 saturated heterocycles. The molecule has 9 aromatic rings. The highest BCUT2D eigenvalue weighted by molar-refractivity contribution is 6.25. The Kier molecular flexibility index (Phi) is 5.44. The summed E-state index contributed by atoms with van der Waals surface area (Å²) in [6.07, 6.45) is 0. The van der Waals surface area contributed by atoms with Gasteiger partial charge in [0.05, 0.1) is 0 Å². The van der Waals surface area contributed by atoms with Gasteiger partial charge in [0.15, 0.2) is 0 Å². The zero-order chi connectivity index (χ0) is 31.3. The van der Waals surface area contributed by atoms with Crippen LogP contribution in [-0.2, 0) is 5.41 Å². The summed E-state index contributed by atoms with van der Waals surface area (Å²) in [5.74, 6) is 0. The first-order chi connectivity index (χ1) is 23.1. The van der Waals surface area contributed by atoms with E-state index in [9.17, 15) is 0 Å². The average Bonchev–Trinajstić information content (AvgIpc) is 3.36. The van der Waals surface area contributed by atoms with E-state index < -0.39 is 0 Å². The summed E-state index contributed by atoms with van der Waals surface area (Å²) in [7, 11) is 0. The van der Waals surface area contributed by atoms with Crippen LogP contribution < -0.4 is 0 Å². The third-order valence-electron chi connectivity index (χ3n) is 10.8. The third kappa shape index (κ3) is 3.76. The molecule has 47 heavy (non-hydrogen) atoms. The van der Waals surface area contributed by atoms with Crippen LogP contribution in [0.25, 0.3) is 87.6 Å². The molecular weight excluding hydrogens is 565 g/mol. The molecule has 0 aliphatic heterocycles. The molecule has 9 aromatic carbocycles. The van der Waals surface area contributed by atoms with Gasteiger partial charge in [0.1, 0.15) is 0 Å². The number of fused-ring (bicyclic) bond motifs is 5. The first-order valence-corrected chi connectivity index (χ1v) is 16.6. The van der Waals surface area contributed by atoms with Gasteiger partial charge in [0, 0.05) is 5.41 Å². The second-order valence-electron chi connectivity index (χ2n) is 13.7. The molecule has 0 spiro atoms. The Morgan fingerprint density at radius 3 is 1.77 bits per heavy atom. The lowest BCUT2D eigenvalue weighted by atomic mass is 9.79. The minimum atomic E-state index is -0.0918. The monoisotopic (exact) mass is 596 g/mol. The topological polar surface area (TPSA) is 0 Å². The van der Waals surface area contributed by atoms with Crippen molar-refractivity contribution in [2.24, 2.45) is 0 Å². The van der Waals surface area contributed by atoms with Gasteiger partial charge in [-0.05, 0) is 111 Å². The van der Waals surface area contributed by atoms with Crippen LogP contribution in [0.4, 0.5) is 0 Å². The largest absolute Gasteiger partial charge is 0.0622 e. The van der Waals surface area contributed by atoms with Crippen molar-refractivity contribution in [3.05, 3.63) is 169 Å². The number of hydrogen-bond donors (Lipinski definition) is 0. The van der Waals surface area contributed by atoms with Crippen molar-refractivity contribution in [1.82, 2.24) is 0 Å². The predicted octanol–water partition coefficient (Wildman–Crippen LogP) is 13.0. The Morgan fingerprint density at radius 1 is 0.340 bits per heavy atom. The van der Waals surface area contributed by atoms with E-state index in [0.717, 1.165) is 0 Å². The molecule has 0 heteroatoms. The Balaban J connectivity index is 1.17. The molecule has 1 aliphatic rings. The zero-order valence-corrected chi connectivity index (χ0v) is 26.5. The highest BCUT2D eigenvalue weighted by atomic mass is 14.4. The van der Waals surface area contributed by atoms with Crippen LogP contribution in [0.2, 0.25) is 0 Å². The summed E-state index contributed by atoms with van der Waals surface area (Å²) in [5, 5.41) is 10.6. The van der Waals surface area contributed by atoms with E-state index in [2.05, 4.69) is 172 Å². The summed E-state index contributed by atoms with van der Waals surface area (Å²) < 4.78 is 0. The van der Waals surface area contributed by atoms with E-state index in [1.54, 1.807) is 0 Å². The normalized spacial score (nSPS) is 13.5. The second-order valence-corrected chi connectivity index (χ2v) is 13.7. The summed E-state index contributed by atoms with van der Waals surface area (Å²) >= 11 is 0. The molecule has 1 aliphatic carbocycles. The van der Waals surface area contributed by atoms with Crippen LogP contribution in [-0.4, -0.2) is 0 Å². The van der Waals surface area contributed by atoms with Crippen molar-refractivity contribution in [2.45, 2.75) is 19.3 Å². The minimum Gasteiger partial charge on any atom is -0.0622 e. The molecule has 0 saturated carbocycles. The third-order valence-corrected chi connectivity index (χ3v) is 10.8. The molecular formula is C47H32. The molecule has 0 amide bonds. The van der Waals surface area contributed by atoms with Gasteiger partial charge in [0.2, 0.25) is 0 Å². The molecule has 0 nitrogen and oxygen atoms in total. The summed E-state index contributed by atoms with van der Waals surface area (Å²) in [5.41, 5.74) is 13.0. The van der Waals surface area contributed by atoms with Crippen LogP contribution in [0.1, 0.15) is 25.0 Å². The fraction of sp³-hybridized carbons (Fsp3) is 0.0638. The van der Waals surface area contributed by atoms with Crippen molar-refractivity contribution < 1.29 is 0 Å². The Bertz CT molecular complexity index is 2670. The van der Waals surface area contributed by atoms with Gasteiger partial charge < -0.3 is 0 Å². The molecule has 220 valence electrons. The van der Waals surface area contributed by atoms with Crippen molar-refractivity contribution in [1.29, 1.82) is 0 Å². The highest BCUT2D eigenvalue weighted by Crippen LogP contribution is 2.52. The van der Waals surface area contributed by atoms with E-state index >= 15 is 0 Å². The first kappa shape index (κ1) is 26.5. The smallest absolute Gasteiger partial charge is 0.0165 e. The van der Waals surface area contributed by atoms with Crippen LogP contribution in [0, 0.1) is 0 Å². The van der Waals surface area contributed by atoms with Crippen molar-refractivity contribution >= 4 is 43.1 Å². The van der Waals surface area contributed by atoms with Gasteiger partial charge in [-0.3, -0.25) is 0 Å². The van der Waals surface area contributed by atoms with E-state index in [1.807, 2.05) is 0 Å². The van der Waals surface area contributed by atoms with Gasteiger partial charge >= 0.3 is 0 Å². The second kappa shape index (κ2) is 9.64. The SMILES string of the molecule is CC1(C)c2cc(-c3ccc(-c4ccc5ccc6cccc7ccc4c5c67)c(-c4ccccc4)c3)ccc2-c2ccc3ccccc3c21. The van der Waals surface area contributed by atoms with Crippen molar-refractivity contribution in [3.8, 4) is 44.5 Å². The Hall–Kier alpha value is -5.72. The number of benzene rings is 9. The quantitative estimate of drug-likeness (QED) is 0.178. The molecule has 0 aromatic heterocycles. The molecule has 0 unspecified atom stereocenters. The van der Waals surface area contributed by atoms with Crippen LogP contribution in [0.15, 0.2) is 158 Å². The first-order valence-electron chi connectivity index (χ1n) is 16.6. The maximum absolute atomic E-state index is 2.45. The van der Waals surface area contributed by atoms with Crippen LogP contribution >= 0.6 is 0 Å². The lowest BCUT2D eigenvalue weighted by molar-refractivity contribution is 0.666. The van der Waals surface area contributed by atoms with Gasteiger partial charge in [0.25, 0.3) is 0 Å². The summed E-state index contributed by atoms with van der Waals surface area (Å²) in [6.45, 7) is 4.78. The zero-order valence-electron chi connectivity index (χ0n) is 26.5. The number of hydrogen-bond acceptors (Lipinski definition) is 0. The van der Waals surface area contributed by atoms with E-state index in [-0.39, 0.29) is 5.41 Å². The van der Waals surface area contributed by atoms with Gasteiger partial charge in [-0.25, -0.2) is 0 Å². The maximum atomic E-state index is 2.45. The Labute approximate surface area is 274 Å². The minimum absolute atomic E-state index is 0.0918. The van der Waals surface area contributed by atoms with Crippen LogP contribution in [0.3, 0.4) is 0 Å². The molecule has 0 heterocycles. The average molecular weight is 597 g/mol. The fourth-order valence-electron chi connectivity index (χ4n) is 8.57. The van der Waals surface area contributed by atoms with Crippen molar-refractivity contribution in [2.75, 3.05) is 0 Å². The standard InChI is InChI=1S/C47H32/c1-47(2)43-28-35(21-24-39(43)41-26-17-30-11-6-7-14-36(30)46(41)47)34-20-23-38(42(27-34)29-9-4-3-5-10-29)37-22-18-33-16-15-31-12-8-13-32-19-25-40(37)45(33)44(31)32/h3-28H,1-2H3. The summed E-state index contributed by atoms with van der Waals surface area (Å²) in [4.78, 5) is 0. The van der Waals surface area contributed by atoms with Crippen LogP contribution in [0.5, 0.6) is 0 Å². The fourth-order valence-corrected chi connectivity index (χ4v) is 8.57. The predicted molar refractivity (Wildman–Crippen MR) is 202 cm³/mol. The molecule has 0 radical (unpaired) electrons. The van der Waals surface area contributed by atoms with E-state index in [0.29, 0.717) is 0 Å². The summed E-state index contributed by atoms with van der Waals surface area (Å²) in [6, 6.07) is 58.9. The van der Waals surface area contributed by atoms with Crippen molar-refractivity contribution in [3.63, 3.8) is 0 Å². The Morgan fingerprint density at radius 2 is 0.936 bits per heavy atom. The van der Waals surface area contributed by atoms with Gasteiger partial charge in [-0.1, -0.05) is 159 Å². The molecule has 0 N–H and O–H groups in total. The van der Waals surface area contributed by atoms with E-state index in [4.69, 9.17) is 0 Å². The van der Waals surface area contributed by atoms with Gasteiger partial charge in [-0.2, -0.15) is 0 Å². The molecule has 0 bridgehead atoms. The van der Waals surface area contributed by atoms with E-state index in [1.165, 1.54) is 98.7 Å². The molecule has 10 rings (SSSR count). The lowest BCUT2D eigenvalue weighted by Gasteiger charge is -2.24. The maximum Gasteiger partial charge on any atom is 0.0165 e. The lowest BCUT2D eigenvalue weighted by Crippen LogP contribution is -2.15. The highest BCUT2D eigenvalue weighted by Gasteiger charge is 2.37. The molecule has 0 fully saturated rings. The van der Waals surface area contributed by atoms with Gasteiger partial charge in [-0.15, -0.1) is 0 Å². The molecule has 0 atom stereocenters. The number of rotatable bonds is 3.